The second kappa shape index (κ2) is 7.55. The molecular formula is C19H23F3N6O2. The second-order valence-electron chi connectivity index (χ2n) is 7.69. The van der Waals surface area contributed by atoms with Crippen LogP contribution in [0.3, 0.4) is 0 Å². The number of carbonyl (C=O) groups is 1. The fourth-order valence-electron chi connectivity index (χ4n) is 4.11. The molecule has 4 heterocycles. The van der Waals surface area contributed by atoms with E-state index >= 15 is 0 Å². The normalized spacial score (nSPS) is 20.1. The SMILES string of the molecule is CC(C(=O)NCC(F)(F)F)N1CC[C@H](n2c([C@@H](C)O)nc3cnc4[nH]ccc4c32)C1. The van der Waals surface area contributed by atoms with Crippen LogP contribution in [0.25, 0.3) is 22.1 Å². The van der Waals surface area contributed by atoms with Crippen LogP contribution in [0.1, 0.15) is 38.2 Å². The van der Waals surface area contributed by atoms with Gasteiger partial charge in [0.15, 0.2) is 0 Å². The summed E-state index contributed by atoms with van der Waals surface area (Å²) in [6.45, 7) is 2.90. The van der Waals surface area contributed by atoms with Gasteiger partial charge in [-0.25, -0.2) is 9.97 Å². The highest BCUT2D eigenvalue weighted by atomic mass is 19.4. The molecule has 0 radical (unpaired) electrons. The number of H-pyrrole nitrogens is 1. The van der Waals surface area contributed by atoms with Gasteiger partial charge in [0.25, 0.3) is 0 Å². The Balaban J connectivity index is 1.61. The first-order valence-corrected chi connectivity index (χ1v) is 9.76. The quantitative estimate of drug-likeness (QED) is 0.584. The Labute approximate surface area is 170 Å². The molecule has 0 spiro atoms. The molecule has 3 atom stereocenters. The maximum absolute atomic E-state index is 12.4. The van der Waals surface area contributed by atoms with Gasteiger partial charge in [-0.05, 0) is 26.3 Å². The van der Waals surface area contributed by atoms with Gasteiger partial charge in [-0.1, -0.05) is 0 Å². The number of fused-ring (bicyclic) bond motifs is 3. The van der Waals surface area contributed by atoms with Crippen molar-refractivity contribution >= 4 is 28.0 Å². The molecule has 4 rings (SSSR count). The number of hydrogen-bond donors (Lipinski definition) is 3. The lowest BCUT2D eigenvalue weighted by Gasteiger charge is -2.24. The number of halogens is 3. The fourth-order valence-corrected chi connectivity index (χ4v) is 4.11. The summed E-state index contributed by atoms with van der Waals surface area (Å²) in [5.41, 5.74) is 2.21. The van der Waals surface area contributed by atoms with Crippen LogP contribution < -0.4 is 5.32 Å². The lowest BCUT2D eigenvalue weighted by atomic mass is 10.2. The number of nitrogens with zero attached hydrogens (tertiary/aromatic N) is 4. The largest absolute Gasteiger partial charge is 0.405 e. The van der Waals surface area contributed by atoms with Crippen LogP contribution in [0, 0.1) is 0 Å². The number of aliphatic hydroxyl groups excluding tert-OH is 1. The van der Waals surface area contributed by atoms with Gasteiger partial charge < -0.3 is 20.0 Å². The number of aromatic amines is 1. The molecule has 8 nitrogen and oxygen atoms in total. The van der Waals surface area contributed by atoms with E-state index in [0.29, 0.717) is 36.5 Å². The highest BCUT2D eigenvalue weighted by Gasteiger charge is 2.35. The third-order valence-electron chi connectivity index (χ3n) is 5.59. The van der Waals surface area contributed by atoms with Gasteiger partial charge in [0.2, 0.25) is 5.91 Å². The molecule has 0 saturated carbocycles. The van der Waals surface area contributed by atoms with Crippen molar-refractivity contribution in [3.63, 3.8) is 0 Å². The molecular weight excluding hydrogens is 401 g/mol. The number of pyridine rings is 1. The summed E-state index contributed by atoms with van der Waals surface area (Å²) < 4.78 is 39.2. The lowest BCUT2D eigenvalue weighted by Crippen LogP contribution is -2.46. The predicted molar refractivity (Wildman–Crippen MR) is 104 cm³/mol. The average molecular weight is 424 g/mol. The minimum absolute atomic E-state index is 0.0852. The highest BCUT2D eigenvalue weighted by molar-refractivity contribution is 6.01. The zero-order valence-corrected chi connectivity index (χ0v) is 16.6. The number of likely N-dealkylation sites (tertiary alicyclic amines) is 1. The van der Waals surface area contributed by atoms with Crippen LogP contribution in [0.15, 0.2) is 18.5 Å². The van der Waals surface area contributed by atoms with Gasteiger partial charge in [-0.15, -0.1) is 0 Å². The Kier molecular flexibility index (Phi) is 5.18. The zero-order valence-electron chi connectivity index (χ0n) is 16.6. The van der Waals surface area contributed by atoms with Crippen molar-refractivity contribution in [3.8, 4) is 0 Å². The number of alkyl halides is 3. The molecule has 1 aliphatic heterocycles. The first kappa shape index (κ1) is 20.6. The van der Waals surface area contributed by atoms with E-state index in [1.807, 2.05) is 20.9 Å². The van der Waals surface area contributed by atoms with Gasteiger partial charge >= 0.3 is 6.18 Å². The van der Waals surface area contributed by atoms with Crippen molar-refractivity contribution in [2.24, 2.45) is 0 Å². The van der Waals surface area contributed by atoms with Crippen LogP contribution >= 0.6 is 0 Å². The fraction of sp³-hybridized carbons (Fsp3) is 0.526. The number of aliphatic hydroxyl groups is 1. The number of hydrogen-bond acceptors (Lipinski definition) is 5. The molecule has 3 N–H and O–H groups in total. The van der Waals surface area contributed by atoms with Crippen LogP contribution in [-0.2, 0) is 4.79 Å². The van der Waals surface area contributed by atoms with Gasteiger partial charge in [0, 0.05) is 30.7 Å². The van der Waals surface area contributed by atoms with Gasteiger partial charge in [0.1, 0.15) is 29.6 Å². The van der Waals surface area contributed by atoms with Crippen molar-refractivity contribution in [2.75, 3.05) is 19.6 Å². The van der Waals surface area contributed by atoms with Crippen molar-refractivity contribution < 1.29 is 23.1 Å². The van der Waals surface area contributed by atoms with Crippen LogP contribution in [0.4, 0.5) is 13.2 Å². The summed E-state index contributed by atoms with van der Waals surface area (Å²) in [5, 5.41) is 13.1. The van der Waals surface area contributed by atoms with E-state index in [-0.39, 0.29) is 6.04 Å². The number of amides is 1. The van der Waals surface area contributed by atoms with Gasteiger partial charge in [-0.2, -0.15) is 13.2 Å². The van der Waals surface area contributed by atoms with Gasteiger partial charge in [0.05, 0.1) is 17.8 Å². The number of imidazole rings is 1. The first-order chi connectivity index (χ1) is 14.2. The number of carbonyl (C=O) groups excluding carboxylic acids is 1. The maximum Gasteiger partial charge on any atom is 0.405 e. The third-order valence-corrected chi connectivity index (χ3v) is 5.59. The van der Waals surface area contributed by atoms with E-state index < -0.39 is 30.8 Å². The van der Waals surface area contributed by atoms with Crippen molar-refractivity contribution in [1.29, 1.82) is 0 Å². The maximum atomic E-state index is 12.4. The lowest BCUT2D eigenvalue weighted by molar-refractivity contribution is -0.141. The van der Waals surface area contributed by atoms with Crippen molar-refractivity contribution in [3.05, 3.63) is 24.3 Å². The van der Waals surface area contributed by atoms with Crippen LogP contribution in [0.2, 0.25) is 0 Å². The van der Waals surface area contributed by atoms with E-state index in [4.69, 9.17) is 0 Å². The smallest absolute Gasteiger partial charge is 0.385 e. The molecule has 0 aliphatic carbocycles. The number of nitrogens with one attached hydrogen (secondary N) is 2. The van der Waals surface area contributed by atoms with Crippen molar-refractivity contribution in [1.82, 2.24) is 29.7 Å². The van der Waals surface area contributed by atoms with E-state index in [1.54, 1.807) is 26.2 Å². The molecule has 1 saturated heterocycles. The minimum Gasteiger partial charge on any atom is -0.385 e. The van der Waals surface area contributed by atoms with E-state index in [1.165, 1.54) is 0 Å². The zero-order chi connectivity index (χ0) is 21.6. The molecule has 11 heteroatoms. The molecule has 162 valence electrons. The first-order valence-electron chi connectivity index (χ1n) is 9.76. The summed E-state index contributed by atoms with van der Waals surface area (Å²) in [4.78, 5) is 26.0. The molecule has 3 aromatic heterocycles. The highest BCUT2D eigenvalue weighted by Crippen LogP contribution is 2.34. The summed E-state index contributed by atoms with van der Waals surface area (Å²) in [7, 11) is 0. The molecule has 1 fully saturated rings. The topological polar surface area (TPSA) is 99.1 Å². The molecule has 0 bridgehead atoms. The number of rotatable bonds is 5. The second-order valence-corrected chi connectivity index (χ2v) is 7.69. The van der Waals surface area contributed by atoms with Crippen LogP contribution in [-0.4, -0.2) is 67.3 Å². The molecule has 30 heavy (non-hydrogen) atoms. The Hall–Kier alpha value is -2.66. The van der Waals surface area contributed by atoms with Gasteiger partial charge in [-0.3, -0.25) is 9.69 Å². The minimum atomic E-state index is -4.44. The van der Waals surface area contributed by atoms with E-state index in [9.17, 15) is 23.1 Å². The predicted octanol–water partition coefficient (Wildman–Crippen LogP) is 2.28. The summed E-state index contributed by atoms with van der Waals surface area (Å²) >= 11 is 0. The molecule has 0 aromatic carbocycles. The summed E-state index contributed by atoms with van der Waals surface area (Å²) in [5.74, 6) is -0.155. The summed E-state index contributed by atoms with van der Waals surface area (Å²) in [6.07, 6.45) is -1.15. The Morgan fingerprint density at radius 3 is 2.90 bits per heavy atom. The molecule has 1 amide bonds. The average Bonchev–Trinajstić information content (AvgIpc) is 3.40. The standard InChI is InChI=1S/C19H23F3N6O2/c1-10(18(30)25-9-19(20,21)22)27-6-4-12(8-27)28-15-13-3-5-23-16(13)24-7-14(15)26-17(28)11(2)29/h3,5,7,10-12,29H,4,6,8-9H2,1-2H3,(H,23,24)(H,25,30)/t10?,11-,12+/m1/s1. The molecule has 3 aromatic rings. The monoisotopic (exact) mass is 424 g/mol. The van der Waals surface area contributed by atoms with E-state index in [0.717, 1.165) is 10.9 Å². The number of aromatic nitrogens is 4. The third kappa shape index (κ3) is 3.74. The Bertz CT molecular complexity index is 1070. The molecule has 1 aliphatic rings. The Morgan fingerprint density at radius 1 is 1.43 bits per heavy atom. The van der Waals surface area contributed by atoms with Crippen molar-refractivity contribution in [2.45, 2.75) is 44.6 Å². The van der Waals surface area contributed by atoms with Crippen LogP contribution in [0.5, 0.6) is 0 Å². The molecule has 1 unspecified atom stereocenters. The Morgan fingerprint density at radius 2 is 2.20 bits per heavy atom. The van der Waals surface area contributed by atoms with E-state index in [2.05, 4.69) is 15.0 Å². The summed E-state index contributed by atoms with van der Waals surface area (Å²) in [6, 6.07) is 1.11.